The number of hydrogen-bond acceptors (Lipinski definition) is 5. The van der Waals surface area contributed by atoms with Gasteiger partial charge in [-0.25, -0.2) is 9.97 Å². The van der Waals surface area contributed by atoms with Crippen LogP contribution in [0.2, 0.25) is 10.0 Å². The summed E-state index contributed by atoms with van der Waals surface area (Å²) in [5.74, 6) is -0.0894. The number of aromatic nitrogens is 2. The van der Waals surface area contributed by atoms with Crippen molar-refractivity contribution in [1.82, 2.24) is 9.97 Å². The molecule has 3 rings (SSSR count). The van der Waals surface area contributed by atoms with Crippen molar-refractivity contribution < 1.29 is 4.79 Å². The Morgan fingerprint density at radius 3 is 2.54 bits per heavy atom. The van der Waals surface area contributed by atoms with Gasteiger partial charge in [-0.3, -0.25) is 4.79 Å². The molecule has 0 saturated carbocycles. The second kappa shape index (κ2) is 7.83. The molecule has 26 heavy (non-hydrogen) atoms. The fraction of sp³-hybridized carbons (Fsp3) is 0. The predicted molar refractivity (Wildman–Crippen MR) is 101 cm³/mol. The molecule has 0 aliphatic carbocycles. The number of rotatable bonds is 4. The minimum atomic E-state index is -0.379. The van der Waals surface area contributed by atoms with Crippen LogP contribution in [0, 0.1) is 11.3 Å². The first-order chi connectivity index (χ1) is 12.5. The van der Waals surface area contributed by atoms with E-state index in [2.05, 4.69) is 20.6 Å². The van der Waals surface area contributed by atoms with Crippen LogP contribution in [0.15, 0.2) is 54.9 Å². The summed E-state index contributed by atoms with van der Waals surface area (Å²) in [6, 6.07) is 13.6. The molecular formula is C18H11Cl2N5O. The van der Waals surface area contributed by atoms with E-state index >= 15 is 0 Å². The number of amides is 1. The van der Waals surface area contributed by atoms with Crippen LogP contribution < -0.4 is 10.6 Å². The van der Waals surface area contributed by atoms with Crippen molar-refractivity contribution in [3.63, 3.8) is 0 Å². The Hall–Kier alpha value is -3.14. The maximum absolute atomic E-state index is 12.2. The van der Waals surface area contributed by atoms with Crippen LogP contribution in [0.3, 0.4) is 0 Å². The van der Waals surface area contributed by atoms with Gasteiger partial charge in [0.1, 0.15) is 0 Å². The fourth-order valence-electron chi connectivity index (χ4n) is 2.09. The molecule has 1 aromatic heterocycles. The van der Waals surface area contributed by atoms with E-state index in [0.717, 1.165) is 0 Å². The van der Waals surface area contributed by atoms with Gasteiger partial charge in [0.25, 0.3) is 5.91 Å². The Morgan fingerprint density at radius 2 is 1.85 bits per heavy atom. The van der Waals surface area contributed by atoms with Crippen LogP contribution >= 0.6 is 23.2 Å². The zero-order chi connectivity index (χ0) is 18.5. The number of nitrogens with zero attached hydrogens (tertiary/aromatic N) is 3. The van der Waals surface area contributed by atoms with Crippen molar-refractivity contribution >= 4 is 46.4 Å². The van der Waals surface area contributed by atoms with Crippen molar-refractivity contribution in [2.24, 2.45) is 0 Å². The number of nitriles is 1. The van der Waals surface area contributed by atoms with Crippen molar-refractivity contribution in [2.45, 2.75) is 0 Å². The lowest BCUT2D eigenvalue weighted by Crippen LogP contribution is -2.13. The summed E-state index contributed by atoms with van der Waals surface area (Å²) in [5, 5.41) is 15.5. The van der Waals surface area contributed by atoms with Gasteiger partial charge in [-0.15, -0.1) is 0 Å². The van der Waals surface area contributed by atoms with Gasteiger partial charge in [0.05, 0.1) is 27.9 Å². The van der Waals surface area contributed by atoms with Crippen LogP contribution in [0.5, 0.6) is 0 Å². The number of nitrogens with one attached hydrogen (secondary N) is 2. The Bertz CT molecular complexity index is 999. The van der Waals surface area contributed by atoms with E-state index in [4.69, 9.17) is 28.5 Å². The second-order valence-electron chi connectivity index (χ2n) is 5.19. The van der Waals surface area contributed by atoms with Gasteiger partial charge in [-0.1, -0.05) is 29.3 Å². The lowest BCUT2D eigenvalue weighted by molar-refractivity contribution is 0.102. The first-order valence-corrected chi connectivity index (χ1v) is 8.16. The van der Waals surface area contributed by atoms with E-state index in [0.29, 0.717) is 27.0 Å². The summed E-state index contributed by atoms with van der Waals surface area (Å²) in [6.45, 7) is 0. The highest BCUT2D eigenvalue weighted by atomic mass is 35.5. The number of hydrogen-bond donors (Lipinski definition) is 2. The minimum Gasteiger partial charge on any atom is -0.323 e. The van der Waals surface area contributed by atoms with Crippen LogP contribution in [0.25, 0.3) is 0 Å². The Morgan fingerprint density at radius 1 is 1.08 bits per heavy atom. The zero-order valence-electron chi connectivity index (χ0n) is 13.2. The molecule has 2 aromatic carbocycles. The molecule has 1 amide bonds. The predicted octanol–water partition coefficient (Wildman–Crippen LogP) is 4.65. The van der Waals surface area contributed by atoms with Crippen molar-refractivity contribution in [2.75, 3.05) is 10.6 Å². The Labute approximate surface area is 159 Å². The quantitative estimate of drug-likeness (QED) is 0.683. The second-order valence-corrected chi connectivity index (χ2v) is 6.03. The summed E-state index contributed by atoms with van der Waals surface area (Å²) in [5.41, 5.74) is 1.85. The molecule has 6 nitrogen and oxygen atoms in total. The van der Waals surface area contributed by atoms with Gasteiger partial charge in [-0.2, -0.15) is 5.26 Å². The molecule has 3 aromatic rings. The smallest absolute Gasteiger partial charge is 0.258 e. The number of anilines is 3. The summed E-state index contributed by atoms with van der Waals surface area (Å²) in [7, 11) is 0. The summed E-state index contributed by atoms with van der Waals surface area (Å²) < 4.78 is 0. The highest BCUT2D eigenvalue weighted by Gasteiger charge is 2.09. The lowest BCUT2D eigenvalue weighted by atomic mass is 10.2. The fourth-order valence-corrected chi connectivity index (χ4v) is 2.55. The van der Waals surface area contributed by atoms with Gasteiger partial charge in [0, 0.05) is 23.1 Å². The average molecular weight is 384 g/mol. The first kappa shape index (κ1) is 17.7. The highest BCUT2D eigenvalue weighted by molar-refractivity contribution is 6.36. The molecule has 8 heteroatoms. The molecule has 0 unspecified atom stereocenters. The van der Waals surface area contributed by atoms with Gasteiger partial charge in [0.2, 0.25) is 5.95 Å². The van der Waals surface area contributed by atoms with Crippen LogP contribution in [-0.2, 0) is 0 Å². The maximum atomic E-state index is 12.2. The number of carbonyl (C=O) groups excluding carboxylic acids is 1. The monoisotopic (exact) mass is 383 g/mol. The van der Waals surface area contributed by atoms with Crippen LogP contribution in [-0.4, -0.2) is 15.9 Å². The van der Waals surface area contributed by atoms with E-state index in [1.807, 2.05) is 6.07 Å². The standard InChI is InChI=1S/C18H11Cl2N5O/c19-13-4-5-16(15(20)7-13)25-18-22-9-12(10-23-18)17(26)24-14-3-1-2-11(6-14)8-21/h1-7,9-10H,(H,24,26)(H,22,23,25). The molecule has 1 heterocycles. The highest BCUT2D eigenvalue weighted by Crippen LogP contribution is 2.27. The molecule has 0 aliphatic heterocycles. The molecule has 0 bridgehead atoms. The first-order valence-electron chi connectivity index (χ1n) is 7.41. The molecular weight excluding hydrogens is 373 g/mol. The van der Waals surface area contributed by atoms with Gasteiger partial charge < -0.3 is 10.6 Å². The number of halogens is 2. The van der Waals surface area contributed by atoms with Crippen molar-refractivity contribution in [1.29, 1.82) is 5.26 Å². The van der Waals surface area contributed by atoms with Crippen molar-refractivity contribution in [3.05, 3.63) is 76.0 Å². The summed E-state index contributed by atoms with van der Waals surface area (Å²) in [4.78, 5) is 20.5. The normalized spacial score (nSPS) is 10.0. The summed E-state index contributed by atoms with van der Waals surface area (Å²) in [6.07, 6.45) is 2.78. The maximum Gasteiger partial charge on any atom is 0.258 e. The molecule has 2 N–H and O–H groups in total. The SMILES string of the molecule is N#Cc1cccc(NC(=O)c2cnc(Nc3ccc(Cl)cc3Cl)nc2)c1. The largest absolute Gasteiger partial charge is 0.323 e. The van der Waals surface area contributed by atoms with Crippen molar-refractivity contribution in [3.8, 4) is 6.07 Å². The summed E-state index contributed by atoms with van der Waals surface area (Å²) >= 11 is 11.9. The molecule has 0 spiro atoms. The van der Waals surface area contributed by atoms with Gasteiger partial charge in [0.15, 0.2) is 0 Å². The Balaban J connectivity index is 1.70. The molecule has 0 radical (unpaired) electrons. The van der Waals surface area contributed by atoms with Crippen LogP contribution in [0.1, 0.15) is 15.9 Å². The van der Waals surface area contributed by atoms with Crippen LogP contribution in [0.4, 0.5) is 17.3 Å². The van der Waals surface area contributed by atoms with E-state index in [9.17, 15) is 4.79 Å². The Kier molecular flexibility index (Phi) is 5.32. The third-order valence-corrected chi connectivity index (χ3v) is 3.89. The lowest BCUT2D eigenvalue weighted by Gasteiger charge is -2.08. The molecule has 0 aliphatic rings. The van der Waals surface area contributed by atoms with E-state index in [1.165, 1.54) is 12.4 Å². The van der Waals surface area contributed by atoms with Gasteiger partial charge in [-0.05, 0) is 36.4 Å². The third-order valence-electron chi connectivity index (χ3n) is 3.34. The van der Waals surface area contributed by atoms with E-state index in [1.54, 1.807) is 42.5 Å². The zero-order valence-corrected chi connectivity index (χ0v) is 14.7. The topological polar surface area (TPSA) is 90.7 Å². The molecule has 128 valence electrons. The van der Waals surface area contributed by atoms with Gasteiger partial charge >= 0.3 is 0 Å². The minimum absolute atomic E-state index is 0.278. The molecule has 0 atom stereocenters. The number of benzene rings is 2. The van der Waals surface area contributed by atoms with E-state index < -0.39 is 0 Å². The molecule has 0 saturated heterocycles. The number of carbonyl (C=O) groups is 1. The van der Waals surface area contributed by atoms with E-state index in [-0.39, 0.29) is 17.4 Å². The third kappa shape index (κ3) is 4.28. The average Bonchev–Trinajstić information content (AvgIpc) is 2.64. The molecule has 0 fully saturated rings.